The Morgan fingerprint density at radius 2 is 1.85 bits per heavy atom. The molecule has 0 amide bonds. The van der Waals surface area contributed by atoms with Crippen LogP contribution in [0.3, 0.4) is 0 Å². The van der Waals surface area contributed by atoms with Gasteiger partial charge >= 0.3 is 0 Å². The maximum Gasteiger partial charge on any atom is 0.129 e. The SMILES string of the molecule is CCc1nc(-c2ccccc2)c2c(n1)C1CCN2CC1. The number of rotatable bonds is 2. The molecule has 0 aliphatic carbocycles. The van der Waals surface area contributed by atoms with Crippen LogP contribution < -0.4 is 4.90 Å². The molecule has 3 heteroatoms. The molecule has 3 aliphatic rings. The van der Waals surface area contributed by atoms with Gasteiger partial charge in [-0.05, 0) is 12.8 Å². The van der Waals surface area contributed by atoms with Crippen molar-refractivity contribution in [3.63, 3.8) is 0 Å². The van der Waals surface area contributed by atoms with E-state index < -0.39 is 0 Å². The van der Waals surface area contributed by atoms with Crippen LogP contribution in [0, 0.1) is 0 Å². The number of anilines is 1. The van der Waals surface area contributed by atoms with Crippen molar-refractivity contribution in [1.82, 2.24) is 9.97 Å². The first-order valence-electron chi connectivity index (χ1n) is 7.58. The zero-order valence-electron chi connectivity index (χ0n) is 11.8. The van der Waals surface area contributed by atoms with Crippen LogP contribution in [0.4, 0.5) is 5.69 Å². The third-order valence-electron chi connectivity index (χ3n) is 4.52. The summed E-state index contributed by atoms with van der Waals surface area (Å²) in [5, 5.41) is 0. The van der Waals surface area contributed by atoms with Gasteiger partial charge in [0.2, 0.25) is 0 Å². The summed E-state index contributed by atoms with van der Waals surface area (Å²) >= 11 is 0. The number of piperidine rings is 1. The maximum absolute atomic E-state index is 4.85. The molecule has 1 aromatic carbocycles. The number of hydrogen-bond acceptors (Lipinski definition) is 3. The van der Waals surface area contributed by atoms with E-state index in [9.17, 15) is 0 Å². The molecule has 4 heterocycles. The second-order valence-electron chi connectivity index (χ2n) is 5.70. The highest BCUT2D eigenvalue weighted by molar-refractivity contribution is 5.78. The summed E-state index contributed by atoms with van der Waals surface area (Å²) in [5.41, 5.74) is 4.95. The normalized spacial score (nSPS) is 17.4. The van der Waals surface area contributed by atoms with Crippen LogP contribution >= 0.6 is 0 Å². The number of benzene rings is 1. The molecule has 20 heavy (non-hydrogen) atoms. The average molecular weight is 265 g/mol. The summed E-state index contributed by atoms with van der Waals surface area (Å²) in [7, 11) is 0. The van der Waals surface area contributed by atoms with Gasteiger partial charge in [0.05, 0.1) is 17.1 Å². The topological polar surface area (TPSA) is 29.0 Å². The average Bonchev–Trinajstić information content (AvgIpc) is 2.55. The Balaban J connectivity index is 1.96. The van der Waals surface area contributed by atoms with E-state index in [1.54, 1.807) is 0 Å². The Morgan fingerprint density at radius 3 is 2.55 bits per heavy atom. The highest BCUT2D eigenvalue weighted by Gasteiger charge is 2.35. The van der Waals surface area contributed by atoms with E-state index >= 15 is 0 Å². The van der Waals surface area contributed by atoms with Crippen molar-refractivity contribution in [1.29, 1.82) is 0 Å². The molecular weight excluding hydrogens is 246 g/mol. The van der Waals surface area contributed by atoms with Crippen molar-refractivity contribution in [2.45, 2.75) is 32.1 Å². The highest BCUT2D eigenvalue weighted by atomic mass is 15.2. The van der Waals surface area contributed by atoms with Gasteiger partial charge < -0.3 is 4.90 Å². The third-order valence-corrected chi connectivity index (χ3v) is 4.52. The monoisotopic (exact) mass is 265 g/mol. The van der Waals surface area contributed by atoms with Crippen molar-refractivity contribution in [3.05, 3.63) is 41.9 Å². The van der Waals surface area contributed by atoms with E-state index in [2.05, 4.69) is 42.2 Å². The van der Waals surface area contributed by atoms with Crippen molar-refractivity contribution < 1.29 is 0 Å². The maximum atomic E-state index is 4.85. The van der Waals surface area contributed by atoms with Gasteiger partial charge in [-0.15, -0.1) is 0 Å². The first-order chi connectivity index (χ1) is 9.86. The number of fused-ring (bicyclic) bond motifs is 2. The van der Waals surface area contributed by atoms with Crippen LogP contribution in [0.2, 0.25) is 0 Å². The lowest BCUT2D eigenvalue weighted by Crippen LogP contribution is -2.40. The lowest BCUT2D eigenvalue weighted by atomic mass is 9.85. The third kappa shape index (κ3) is 1.73. The number of nitrogens with zero attached hydrogens (tertiary/aromatic N) is 3. The van der Waals surface area contributed by atoms with Gasteiger partial charge in [0, 0.05) is 31.0 Å². The molecule has 3 aliphatic heterocycles. The summed E-state index contributed by atoms with van der Waals surface area (Å²) in [6.45, 7) is 4.45. The molecule has 1 saturated heterocycles. The molecule has 1 fully saturated rings. The highest BCUT2D eigenvalue weighted by Crippen LogP contribution is 2.45. The lowest BCUT2D eigenvalue weighted by molar-refractivity contribution is 0.461. The molecule has 0 unspecified atom stereocenters. The summed E-state index contributed by atoms with van der Waals surface area (Å²) in [5.74, 6) is 1.63. The Labute approximate surface area is 119 Å². The number of hydrogen-bond donors (Lipinski definition) is 0. The van der Waals surface area contributed by atoms with E-state index in [1.165, 1.54) is 29.8 Å². The molecule has 0 atom stereocenters. The van der Waals surface area contributed by atoms with Gasteiger partial charge in [-0.25, -0.2) is 9.97 Å². The first kappa shape index (κ1) is 11.9. The van der Waals surface area contributed by atoms with Crippen LogP contribution in [-0.4, -0.2) is 23.1 Å². The van der Waals surface area contributed by atoms with Crippen LogP contribution in [0.15, 0.2) is 30.3 Å². The van der Waals surface area contributed by atoms with Crippen molar-refractivity contribution in [3.8, 4) is 11.3 Å². The summed E-state index contributed by atoms with van der Waals surface area (Å²) in [6, 6.07) is 10.6. The van der Waals surface area contributed by atoms with Crippen LogP contribution in [0.25, 0.3) is 11.3 Å². The molecule has 5 rings (SSSR count). The molecule has 0 radical (unpaired) electrons. The van der Waals surface area contributed by atoms with Crippen molar-refractivity contribution in [2.75, 3.05) is 18.0 Å². The second-order valence-corrected chi connectivity index (χ2v) is 5.70. The van der Waals surface area contributed by atoms with E-state index in [1.807, 2.05) is 0 Å². The summed E-state index contributed by atoms with van der Waals surface area (Å²) in [4.78, 5) is 12.2. The van der Waals surface area contributed by atoms with Gasteiger partial charge in [0.15, 0.2) is 0 Å². The fourth-order valence-corrected chi connectivity index (χ4v) is 3.45. The lowest BCUT2D eigenvalue weighted by Gasteiger charge is -2.42. The molecule has 102 valence electrons. The van der Waals surface area contributed by atoms with E-state index in [4.69, 9.17) is 9.97 Å². The van der Waals surface area contributed by atoms with Gasteiger partial charge in [-0.2, -0.15) is 0 Å². The summed E-state index contributed by atoms with van der Waals surface area (Å²) < 4.78 is 0. The number of aromatic nitrogens is 2. The van der Waals surface area contributed by atoms with Gasteiger partial charge in [0.1, 0.15) is 5.82 Å². The van der Waals surface area contributed by atoms with E-state index in [-0.39, 0.29) is 0 Å². The van der Waals surface area contributed by atoms with Crippen molar-refractivity contribution in [2.24, 2.45) is 0 Å². The summed E-state index contributed by atoms with van der Waals surface area (Å²) in [6.07, 6.45) is 3.41. The Kier molecular flexibility index (Phi) is 2.72. The molecule has 3 nitrogen and oxygen atoms in total. The largest absolute Gasteiger partial charge is 0.368 e. The van der Waals surface area contributed by atoms with Crippen molar-refractivity contribution >= 4 is 5.69 Å². The molecule has 2 bridgehead atoms. The minimum Gasteiger partial charge on any atom is -0.368 e. The standard InChI is InChI=1S/C17H19N3/c1-2-14-18-15(12-6-4-3-5-7-12)17-16(19-14)13-8-10-20(17)11-9-13/h3-7,13H,2,8-11H2,1H3. The molecular formula is C17H19N3. The molecule has 2 aromatic rings. The quantitative estimate of drug-likeness (QED) is 0.833. The van der Waals surface area contributed by atoms with Gasteiger partial charge in [0.25, 0.3) is 0 Å². The fraction of sp³-hybridized carbons (Fsp3) is 0.412. The Morgan fingerprint density at radius 1 is 1.10 bits per heavy atom. The smallest absolute Gasteiger partial charge is 0.129 e. The zero-order chi connectivity index (χ0) is 13.5. The second kappa shape index (κ2) is 4.58. The predicted octanol–water partition coefficient (Wildman–Crippen LogP) is 3.40. The fourth-order valence-electron chi connectivity index (χ4n) is 3.45. The Bertz CT molecular complexity index is 628. The van der Waals surface area contributed by atoms with Gasteiger partial charge in [-0.1, -0.05) is 37.3 Å². The zero-order valence-corrected chi connectivity index (χ0v) is 11.8. The molecule has 1 aromatic heterocycles. The molecule has 0 spiro atoms. The molecule has 0 N–H and O–H groups in total. The number of aryl methyl sites for hydroxylation is 1. The van der Waals surface area contributed by atoms with Crippen LogP contribution in [0.1, 0.15) is 37.2 Å². The predicted molar refractivity (Wildman–Crippen MR) is 81.0 cm³/mol. The minimum atomic E-state index is 0.644. The van der Waals surface area contributed by atoms with Gasteiger partial charge in [-0.3, -0.25) is 0 Å². The van der Waals surface area contributed by atoms with E-state index in [0.717, 1.165) is 31.0 Å². The first-order valence-corrected chi connectivity index (χ1v) is 7.58. The Hall–Kier alpha value is -1.90. The minimum absolute atomic E-state index is 0.644. The van der Waals surface area contributed by atoms with Crippen LogP contribution in [-0.2, 0) is 6.42 Å². The molecule has 0 saturated carbocycles. The van der Waals surface area contributed by atoms with Crippen LogP contribution in [0.5, 0.6) is 0 Å². The van der Waals surface area contributed by atoms with E-state index in [0.29, 0.717) is 5.92 Å².